The van der Waals surface area contributed by atoms with E-state index in [-0.39, 0.29) is 29.3 Å². The first-order chi connectivity index (χ1) is 12.3. The lowest BCUT2D eigenvalue weighted by Gasteiger charge is -2.32. The maximum absolute atomic E-state index is 13.0. The number of sulfonamides is 1. The maximum atomic E-state index is 13.0. The molecule has 1 aromatic carbocycles. The molecular formula is C19H30N2O4S. The number of hydrogen-bond acceptors (Lipinski definition) is 4. The molecule has 1 N–H and O–H groups in total. The number of piperidine rings is 1. The van der Waals surface area contributed by atoms with E-state index in [0.717, 1.165) is 18.4 Å². The number of nitrogens with zero attached hydrogens (tertiary/aromatic N) is 1. The molecule has 1 fully saturated rings. The second-order valence-corrected chi connectivity index (χ2v) is 8.82. The van der Waals surface area contributed by atoms with Crippen LogP contribution in [0.3, 0.4) is 0 Å². The second-order valence-electron chi connectivity index (χ2n) is 6.88. The van der Waals surface area contributed by atoms with Crippen molar-refractivity contribution >= 4 is 15.9 Å². The van der Waals surface area contributed by atoms with Crippen LogP contribution in [0.4, 0.5) is 0 Å². The molecule has 1 aliphatic heterocycles. The van der Waals surface area contributed by atoms with Gasteiger partial charge in [0.15, 0.2) is 0 Å². The van der Waals surface area contributed by atoms with Crippen molar-refractivity contribution in [1.82, 2.24) is 9.62 Å². The Morgan fingerprint density at radius 3 is 2.73 bits per heavy atom. The minimum absolute atomic E-state index is 0.0536. The van der Waals surface area contributed by atoms with E-state index in [0.29, 0.717) is 25.3 Å². The van der Waals surface area contributed by atoms with E-state index in [1.54, 1.807) is 18.2 Å². The highest BCUT2D eigenvalue weighted by Gasteiger charge is 2.33. The van der Waals surface area contributed by atoms with Crippen LogP contribution in [0.15, 0.2) is 23.1 Å². The first kappa shape index (κ1) is 20.7. The first-order valence-electron chi connectivity index (χ1n) is 9.33. The van der Waals surface area contributed by atoms with Gasteiger partial charge in [-0.3, -0.25) is 4.79 Å². The summed E-state index contributed by atoms with van der Waals surface area (Å²) in [5, 5.41) is 2.96. The monoisotopic (exact) mass is 382 g/mol. The predicted octanol–water partition coefficient (Wildman–Crippen LogP) is 2.71. The molecule has 0 radical (unpaired) electrons. The van der Waals surface area contributed by atoms with Crippen LogP contribution in [0.1, 0.15) is 45.6 Å². The largest absolute Gasteiger partial charge is 0.494 e. The molecule has 7 heteroatoms. The van der Waals surface area contributed by atoms with Gasteiger partial charge < -0.3 is 10.1 Å². The van der Waals surface area contributed by atoms with Gasteiger partial charge in [-0.25, -0.2) is 8.42 Å². The average Bonchev–Trinajstić information content (AvgIpc) is 2.63. The van der Waals surface area contributed by atoms with Gasteiger partial charge >= 0.3 is 0 Å². The van der Waals surface area contributed by atoms with Gasteiger partial charge in [-0.05, 0) is 63.8 Å². The van der Waals surface area contributed by atoms with E-state index in [2.05, 4.69) is 5.32 Å². The Morgan fingerprint density at radius 1 is 1.38 bits per heavy atom. The maximum Gasteiger partial charge on any atom is 0.243 e. The lowest BCUT2D eigenvalue weighted by Crippen LogP contribution is -2.47. The molecule has 2 atom stereocenters. The van der Waals surface area contributed by atoms with Gasteiger partial charge in [-0.15, -0.1) is 0 Å². The van der Waals surface area contributed by atoms with Crippen molar-refractivity contribution in [2.75, 3.05) is 19.7 Å². The standard InChI is InChI=1S/C19H30N2O4S/c1-5-15(4)20-19(22)16-8-7-11-21(13-16)26(23,24)17-9-10-18(25-6-2)14(3)12-17/h9-10,12,15-16H,5-8,11,13H2,1-4H3,(H,20,22)/t15-,16-/m0/s1. The smallest absolute Gasteiger partial charge is 0.243 e. The second kappa shape index (κ2) is 8.86. The molecule has 1 aromatic rings. The fourth-order valence-electron chi connectivity index (χ4n) is 3.09. The lowest BCUT2D eigenvalue weighted by molar-refractivity contribution is -0.126. The van der Waals surface area contributed by atoms with Crippen molar-refractivity contribution < 1.29 is 17.9 Å². The molecule has 0 aliphatic carbocycles. The van der Waals surface area contributed by atoms with Gasteiger partial charge in [0.1, 0.15) is 5.75 Å². The van der Waals surface area contributed by atoms with Gasteiger partial charge in [-0.1, -0.05) is 6.92 Å². The lowest BCUT2D eigenvalue weighted by atomic mass is 9.98. The average molecular weight is 383 g/mol. The summed E-state index contributed by atoms with van der Waals surface area (Å²) in [5.41, 5.74) is 0.788. The van der Waals surface area contributed by atoms with Crippen LogP contribution in [0.5, 0.6) is 5.75 Å². The first-order valence-corrected chi connectivity index (χ1v) is 10.8. The van der Waals surface area contributed by atoms with Gasteiger partial charge in [-0.2, -0.15) is 4.31 Å². The van der Waals surface area contributed by atoms with Crippen LogP contribution in [-0.2, 0) is 14.8 Å². The van der Waals surface area contributed by atoms with Crippen molar-refractivity contribution in [2.24, 2.45) is 5.92 Å². The van der Waals surface area contributed by atoms with Crippen molar-refractivity contribution in [3.05, 3.63) is 23.8 Å². The summed E-state index contributed by atoms with van der Waals surface area (Å²) in [5.74, 6) is 0.342. The Kier molecular flexibility index (Phi) is 7.06. The minimum atomic E-state index is -3.62. The van der Waals surface area contributed by atoms with Crippen molar-refractivity contribution in [1.29, 1.82) is 0 Å². The van der Waals surface area contributed by atoms with E-state index in [1.165, 1.54) is 4.31 Å². The number of rotatable bonds is 7. The number of benzene rings is 1. The number of nitrogens with one attached hydrogen (secondary N) is 1. The number of aryl methyl sites for hydroxylation is 1. The summed E-state index contributed by atoms with van der Waals surface area (Å²) >= 11 is 0. The Balaban J connectivity index is 2.15. The third-order valence-corrected chi connectivity index (χ3v) is 6.70. The number of amides is 1. The molecule has 1 amide bonds. The zero-order valence-corrected chi connectivity index (χ0v) is 16.9. The Hall–Kier alpha value is -1.60. The predicted molar refractivity (Wildman–Crippen MR) is 102 cm³/mol. The van der Waals surface area contributed by atoms with Crippen LogP contribution < -0.4 is 10.1 Å². The summed E-state index contributed by atoms with van der Waals surface area (Å²) in [6.07, 6.45) is 2.26. The molecule has 1 saturated heterocycles. The molecule has 146 valence electrons. The van der Waals surface area contributed by atoms with Crippen LogP contribution in [0.2, 0.25) is 0 Å². The zero-order chi connectivity index (χ0) is 19.3. The molecule has 0 bridgehead atoms. The molecule has 1 aliphatic rings. The molecule has 26 heavy (non-hydrogen) atoms. The normalized spacial score (nSPS) is 19.8. The molecule has 0 spiro atoms. The van der Waals surface area contributed by atoms with Crippen molar-refractivity contribution in [2.45, 2.75) is 57.9 Å². The fraction of sp³-hybridized carbons (Fsp3) is 0.632. The highest BCUT2D eigenvalue weighted by atomic mass is 32.2. The summed E-state index contributed by atoms with van der Waals surface area (Å²) in [4.78, 5) is 12.6. The minimum Gasteiger partial charge on any atom is -0.494 e. The fourth-order valence-corrected chi connectivity index (χ4v) is 4.70. The van der Waals surface area contributed by atoms with Gasteiger partial charge in [0.05, 0.1) is 17.4 Å². The highest BCUT2D eigenvalue weighted by Crippen LogP contribution is 2.27. The molecule has 1 heterocycles. The Morgan fingerprint density at radius 2 is 2.12 bits per heavy atom. The summed E-state index contributed by atoms with van der Waals surface area (Å²) in [6.45, 7) is 8.91. The van der Waals surface area contributed by atoms with Gasteiger partial charge in [0.25, 0.3) is 0 Å². The molecular weight excluding hydrogens is 352 g/mol. The number of hydrogen-bond donors (Lipinski definition) is 1. The van der Waals surface area contributed by atoms with Crippen molar-refractivity contribution in [3.63, 3.8) is 0 Å². The molecule has 0 unspecified atom stereocenters. The number of ether oxygens (including phenoxy) is 1. The SMILES string of the molecule is CCOc1ccc(S(=O)(=O)N2CCC[C@H](C(=O)N[C@@H](C)CC)C2)cc1C. The Bertz CT molecular complexity index is 733. The van der Waals surface area contributed by atoms with E-state index in [1.807, 2.05) is 27.7 Å². The zero-order valence-electron chi connectivity index (χ0n) is 16.1. The van der Waals surface area contributed by atoms with Gasteiger partial charge in [0.2, 0.25) is 15.9 Å². The molecule has 0 saturated carbocycles. The summed E-state index contributed by atoms with van der Waals surface area (Å²) in [6, 6.07) is 5.02. The van der Waals surface area contributed by atoms with E-state index < -0.39 is 10.0 Å². The molecule has 6 nitrogen and oxygen atoms in total. The van der Waals surface area contributed by atoms with Gasteiger partial charge in [0, 0.05) is 19.1 Å². The molecule has 0 aromatic heterocycles. The third kappa shape index (κ3) is 4.76. The van der Waals surface area contributed by atoms with E-state index in [4.69, 9.17) is 4.74 Å². The number of carbonyl (C=O) groups is 1. The molecule has 2 rings (SSSR count). The van der Waals surface area contributed by atoms with Crippen LogP contribution in [-0.4, -0.2) is 44.4 Å². The summed E-state index contributed by atoms with van der Waals surface area (Å²) in [7, 11) is -3.62. The topological polar surface area (TPSA) is 75.7 Å². The highest BCUT2D eigenvalue weighted by molar-refractivity contribution is 7.89. The number of carbonyl (C=O) groups excluding carboxylic acids is 1. The third-order valence-electron chi connectivity index (χ3n) is 4.84. The van der Waals surface area contributed by atoms with Crippen LogP contribution in [0.25, 0.3) is 0 Å². The summed E-state index contributed by atoms with van der Waals surface area (Å²) < 4.78 is 32.9. The Labute approximate surface area is 157 Å². The van der Waals surface area contributed by atoms with Crippen LogP contribution in [0, 0.1) is 12.8 Å². The quantitative estimate of drug-likeness (QED) is 0.787. The van der Waals surface area contributed by atoms with E-state index >= 15 is 0 Å². The van der Waals surface area contributed by atoms with E-state index in [9.17, 15) is 13.2 Å². The van der Waals surface area contributed by atoms with Crippen LogP contribution >= 0.6 is 0 Å². The van der Waals surface area contributed by atoms with Crippen molar-refractivity contribution in [3.8, 4) is 5.75 Å².